The first-order chi connectivity index (χ1) is 14.5. The van der Waals surface area contributed by atoms with Crippen LogP contribution < -0.4 is 9.54 Å². The van der Waals surface area contributed by atoms with E-state index >= 15 is 0 Å². The summed E-state index contributed by atoms with van der Waals surface area (Å²) >= 11 is 1.23. The second-order valence-corrected chi connectivity index (χ2v) is 7.55. The van der Waals surface area contributed by atoms with Gasteiger partial charge in [0.2, 0.25) is 0 Å². The van der Waals surface area contributed by atoms with Gasteiger partial charge in [0.1, 0.15) is 11.6 Å². The van der Waals surface area contributed by atoms with Crippen LogP contribution in [0.15, 0.2) is 77.8 Å². The Bertz CT molecular complexity index is 1290. The van der Waals surface area contributed by atoms with Crippen molar-refractivity contribution in [3.05, 3.63) is 94.5 Å². The number of fused-ring (bicyclic) bond motifs is 1. The molecule has 0 fully saturated rings. The van der Waals surface area contributed by atoms with E-state index in [4.69, 9.17) is 4.74 Å². The van der Waals surface area contributed by atoms with Gasteiger partial charge in [0.25, 0.3) is 5.91 Å². The maximum absolute atomic E-state index is 14.0. The maximum Gasteiger partial charge on any atom is 0.286 e. The van der Waals surface area contributed by atoms with Crippen molar-refractivity contribution < 1.29 is 18.7 Å². The summed E-state index contributed by atoms with van der Waals surface area (Å²) < 4.78 is 21.7. The molecular weight excluding hydrogens is 403 g/mol. The van der Waals surface area contributed by atoms with E-state index in [1.54, 1.807) is 60.1 Å². The Morgan fingerprint density at radius 1 is 0.967 bits per heavy atom. The Hall–Kier alpha value is -3.58. The number of hydrogen-bond acceptors (Lipinski definition) is 4. The molecule has 0 N–H and O–H groups in total. The highest BCUT2D eigenvalue weighted by Crippen LogP contribution is 2.19. The van der Waals surface area contributed by atoms with Gasteiger partial charge in [0.15, 0.2) is 17.2 Å². The number of ketones is 1. The molecule has 0 aliphatic heterocycles. The topological polar surface area (TPSA) is 60.7 Å². The highest BCUT2D eigenvalue weighted by atomic mass is 32.1. The van der Waals surface area contributed by atoms with E-state index in [0.717, 1.165) is 0 Å². The average Bonchev–Trinajstić information content (AvgIpc) is 3.09. The van der Waals surface area contributed by atoms with Crippen LogP contribution in [-0.4, -0.2) is 22.9 Å². The molecule has 1 amide bonds. The lowest BCUT2D eigenvalue weighted by molar-refractivity contribution is -0.120. The number of benzene rings is 3. The largest absolute Gasteiger partial charge is 0.484 e. The van der Waals surface area contributed by atoms with Gasteiger partial charge in [0.05, 0.1) is 10.2 Å². The maximum atomic E-state index is 14.0. The summed E-state index contributed by atoms with van der Waals surface area (Å²) in [5, 5.41) is 0. The fourth-order valence-electron chi connectivity index (χ4n) is 3.01. The number of para-hydroxylation sites is 1. The van der Waals surface area contributed by atoms with Gasteiger partial charge in [-0.3, -0.25) is 9.59 Å². The lowest BCUT2D eigenvalue weighted by Gasteiger charge is -2.05. The molecule has 0 aliphatic rings. The molecule has 0 aliphatic carbocycles. The standard InChI is InChI=1S/C23H17FN2O3S/c1-26-21-18(24)8-5-9-19(21)30-23(26)25-20(27)14-29-17-12-10-16(11-13-17)22(28)15-6-3-2-4-7-15/h2-13H,14H2,1H3. The molecule has 4 rings (SSSR count). The molecule has 0 saturated heterocycles. The van der Waals surface area contributed by atoms with Crippen LogP contribution in [0.1, 0.15) is 15.9 Å². The van der Waals surface area contributed by atoms with E-state index in [1.165, 1.54) is 17.4 Å². The zero-order valence-corrected chi connectivity index (χ0v) is 16.9. The van der Waals surface area contributed by atoms with Gasteiger partial charge in [-0.05, 0) is 36.4 Å². The second-order valence-electron chi connectivity index (χ2n) is 6.54. The molecule has 7 heteroatoms. The van der Waals surface area contributed by atoms with Crippen molar-refractivity contribution in [2.24, 2.45) is 12.0 Å². The van der Waals surface area contributed by atoms with E-state index in [9.17, 15) is 14.0 Å². The molecule has 150 valence electrons. The molecule has 0 radical (unpaired) electrons. The zero-order valence-electron chi connectivity index (χ0n) is 16.0. The van der Waals surface area contributed by atoms with Crippen LogP contribution in [0.2, 0.25) is 0 Å². The fraction of sp³-hybridized carbons (Fsp3) is 0.0870. The van der Waals surface area contributed by atoms with E-state index in [-0.39, 0.29) is 18.2 Å². The van der Waals surface area contributed by atoms with Crippen LogP contribution >= 0.6 is 11.3 Å². The van der Waals surface area contributed by atoms with Gasteiger partial charge in [-0.15, -0.1) is 0 Å². The van der Waals surface area contributed by atoms with E-state index < -0.39 is 5.91 Å². The number of ether oxygens (including phenoxy) is 1. The first-order valence-corrected chi connectivity index (χ1v) is 9.99. The number of halogens is 1. The van der Waals surface area contributed by atoms with Crippen LogP contribution in [0.3, 0.4) is 0 Å². The van der Waals surface area contributed by atoms with Crippen molar-refractivity contribution in [1.82, 2.24) is 4.57 Å². The van der Waals surface area contributed by atoms with Crippen LogP contribution in [0.5, 0.6) is 5.75 Å². The fourth-order valence-corrected chi connectivity index (χ4v) is 4.06. The summed E-state index contributed by atoms with van der Waals surface area (Å²) in [6.07, 6.45) is 0. The van der Waals surface area contributed by atoms with Crippen LogP contribution in [-0.2, 0) is 11.8 Å². The molecule has 0 spiro atoms. The Balaban J connectivity index is 1.44. The quantitative estimate of drug-likeness (QED) is 0.457. The molecule has 3 aromatic carbocycles. The molecule has 30 heavy (non-hydrogen) atoms. The number of rotatable bonds is 5. The minimum atomic E-state index is -0.484. The van der Waals surface area contributed by atoms with Gasteiger partial charge >= 0.3 is 0 Å². The van der Waals surface area contributed by atoms with Gasteiger partial charge < -0.3 is 9.30 Å². The summed E-state index contributed by atoms with van der Waals surface area (Å²) in [5.41, 5.74) is 1.55. The number of aromatic nitrogens is 1. The lowest BCUT2D eigenvalue weighted by Crippen LogP contribution is -2.17. The van der Waals surface area contributed by atoms with Crippen molar-refractivity contribution in [2.45, 2.75) is 0 Å². The monoisotopic (exact) mass is 420 g/mol. The van der Waals surface area contributed by atoms with Crippen molar-refractivity contribution >= 4 is 33.2 Å². The molecular formula is C23H17FN2O3S. The van der Waals surface area contributed by atoms with E-state index in [1.807, 2.05) is 18.2 Å². The minimum Gasteiger partial charge on any atom is -0.484 e. The SMILES string of the molecule is Cn1c(=NC(=O)COc2ccc(C(=O)c3ccccc3)cc2)sc2cccc(F)c21. The summed E-state index contributed by atoms with van der Waals surface area (Å²) in [6, 6.07) is 20.3. The Morgan fingerprint density at radius 2 is 1.67 bits per heavy atom. The smallest absolute Gasteiger partial charge is 0.286 e. The zero-order chi connectivity index (χ0) is 21.1. The van der Waals surface area contributed by atoms with Crippen molar-refractivity contribution in [2.75, 3.05) is 6.61 Å². The number of thiazole rings is 1. The van der Waals surface area contributed by atoms with E-state index in [2.05, 4.69) is 4.99 Å². The van der Waals surface area contributed by atoms with Crippen LogP contribution in [0.25, 0.3) is 10.2 Å². The van der Waals surface area contributed by atoms with Crippen molar-refractivity contribution in [3.63, 3.8) is 0 Å². The number of nitrogens with zero attached hydrogens (tertiary/aromatic N) is 2. The Kier molecular flexibility index (Phi) is 5.54. The first-order valence-electron chi connectivity index (χ1n) is 9.17. The number of amides is 1. The predicted molar refractivity (Wildman–Crippen MR) is 113 cm³/mol. The molecule has 4 aromatic rings. The molecule has 0 unspecified atom stereocenters. The predicted octanol–water partition coefficient (Wildman–Crippen LogP) is 4.12. The Labute approximate surface area is 175 Å². The lowest BCUT2D eigenvalue weighted by atomic mass is 10.0. The van der Waals surface area contributed by atoms with Gasteiger partial charge in [-0.2, -0.15) is 4.99 Å². The van der Waals surface area contributed by atoms with Gasteiger partial charge in [-0.1, -0.05) is 47.7 Å². The van der Waals surface area contributed by atoms with Crippen LogP contribution in [0.4, 0.5) is 4.39 Å². The highest BCUT2D eigenvalue weighted by Gasteiger charge is 2.11. The summed E-state index contributed by atoms with van der Waals surface area (Å²) in [6.45, 7) is -0.261. The van der Waals surface area contributed by atoms with E-state index in [0.29, 0.717) is 31.9 Å². The van der Waals surface area contributed by atoms with Gasteiger partial charge in [0, 0.05) is 18.2 Å². The molecule has 1 aromatic heterocycles. The summed E-state index contributed by atoms with van der Waals surface area (Å²) in [7, 11) is 1.66. The molecule has 0 atom stereocenters. The van der Waals surface area contributed by atoms with Crippen molar-refractivity contribution in [3.8, 4) is 5.75 Å². The third kappa shape index (κ3) is 4.06. The summed E-state index contributed by atoms with van der Waals surface area (Å²) in [4.78, 5) is 29.1. The Morgan fingerprint density at radius 3 is 2.37 bits per heavy atom. The first kappa shape index (κ1) is 19.7. The van der Waals surface area contributed by atoms with Crippen molar-refractivity contribution in [1.29, 1.82) is 0 Å². The third-order valence-electron chi connectivity index (χ3n) is 4.51. The number of carbonyl (C=O) groups excluding carboxylic acids is 2. The molecule has 1 heterocycles. The average molecular weight is 420 g/mol. The summed E-state index contributed by atoms with van der Waals surface area (Å²) in [5.74, 6) is -0.476. The number of carbonyl (C=O) groups is 2. The number of hydrogen-bond donors (Lipinski definition) is 0. The normalized spacial score (nSPS) is 11.6. The number of aryl methyl sites for hydroxylation is 1. The second kappa shape index (κ2) is 8.42. The molecule has 5 nitrogen and oxygen atoms in total. The van der Waals surface area contributed by atoms with Gasteiger partial charge in [-0.25, -0.2) is 4.39 Å². The molecule has 0 saturated carbocycles. The third-order valence-corrected chi connectivity index (χ3v) is 5.61. The molecule has 0 bridgehead atoms. The minimum absolute atomic E-state index is 0.0854. The van der Waals surface area contributed by atoms with Crippen LogP contribution in [0, 0.1) is 5.82 Å². The highest BCUT2D eigenvalue weighted by molar-refractivity contribution is 7.16.